The number of carbonyl (C=O) groups excluding carboxylic acids is 1. The lowest BCUT2D eigenvalue weighted by atomic mass is 10.1. The first kappa shape index (κ1) is 14.9. The maximum absolute atomic E-state index is 11.9. The Morgan fingerprint density at radius 2 is 1.48 bits per heavy atom. The molecule has 4 N–H and O–H groups in total. The van der Waals surface area contributed by atoms with Crippen LogP contribution in [-0.2, 0) is 0 Å². The van der Waals surface area contributed by atoms with E-state index in [-0.39, 0.29) is 12.1 Å². The molecule has 0 bridgehead atoms. The van der Waals surface area contributed by atoms with Crippen molar-refractivity contribution in [1.29, 1.82) is 0 Å². The predicted octanol–water partition coefficient (Wildman–Crippen LogP) is 3.36. The van der Waals surface area contributed by atoms with E-state index in [1.54, 1.807) is 31.4 Å². The Bertz CT molecular complexity index is 592. The van der Waals surface area contributed by atoms with Crippen molar-refractivity contribution in [3.63, 3.8) is 0 Å². The van der Waals surface area contributed by atoms with E-state index in [1.807, 2.05) is 31.2 Å². The summed E-state index contributed by atoms with van der Waals surface area (Å²) >= 11 is 0. The first-order chi connectivity index (χ1) is 10.1. The normalized spacial score (nSPS) is 11.6. The number of ether oxygens (including phenoxy) is 1. The Balaban J connectivity index is 1.94. The van der Waals surface area contributed by atoms with E-state index >= 15 is 0 Å². The highest BCUT2D eigenvalue weighted by molar-refractivity contribution is 5.99. The highest BCUT2D eigenvalue weighted by Crippen LogP contribution is 2.16. The zero-order valence-corrected chi connectivity index (χ0v) is 12.1. The van der Waals surface area contributed by atoms with Gasteiger partial charge >= 0.3 is 6.03 Å². The first-order valence-corrected chi connectivity index (χ1v) is 6.66. The lowest BCUT2D eigenvalue weighted by Gasteiger charge is -2.10. The minimum absolute atomic E-state index is 0.0211. The van der Waals surface area contributed by atoms with Crippen LogP contribution in [-0.4, -0.2) is 13.1 Å². The number of amides is 2. The van der Waals surface area contributed by atoms with Gasteiger partial charge in [-0.1, -0.05) is 12.1 Å². The SMILES string of the molecule is COc1ccc(NC(=O)Nc2ccc(C(C)N)cc2)cc1. The lowest BCUT2D eigenvalue weighted by molar-refractivity contribution is 0.262. The van der Waals surface area contributed by atoms with Crippen molar-refractivity contribution in [2.24, 2.45) is 5.73 Å². The number of carbonyl (C=O) groups is 1. The summed E-state index contributed by atoms with van der Waals surface area (Å²) in [6.45, 7) is 1.92. The molecule has 0 aliphatic carbocycles. The number of benzene rings is 2. The summed E-state index contributed by atoms with van der Waals surface area (Å²) in [6, 6.07) is 14.2. The van der Waals surface area contributed by atoms with Gasteiger partial charge in [0, 0.05) is 17.4 Å². The standard InChI is InChI=1S/C16H19N3O2/c1-11(17)12-3-5-13(6-4-12)18-16(20)19-14-7-9-15(21-2)10-8-14/h3-11H,17H2,1-2H3,(H2,18,19,20). The van der Waals surface area contributed by atoms with Crippen molar-refractivity contribution in [3.05, 3.63) is 54.1 Å². The molecule has 2 aromatic rings. The van der Waals surface area contributed by atoms with Crippen LogP contribution in [0.25, 0.3) is 0 Å². The zero-order valence-electron chi connectivity index (χ0n) is 12.1. The molecule has 0 saturated heterocycles. The third-order valence-electron chi connectivity index (χ3n) is 3.04. The first-order valence-electron chi connectivity index (χ1n) is 6.66. The molecular formula is C16H19N3O2. The fraction of sp³-hybridized carbons (Fsp3) is 0.188. The molecule has 110 valence electrons. The molecule has 0 aliphatic heterocycles. The average molecular weight is 285 g/mol. The molecule has 0 spiro atoms. The van der Waals surface area contributed by atoms with Crippen molar-refractivity contribution >= 4 is 17.4 Å². The molecule has 1 atom stereocenters. The van der Waals surface area contributed by atoms with Gasteiger partial charge in [0.25, 0.3) is 0 Å². The molecule has 0 radical (unpaired) electrons. The van der Waals surface area contributed by atoms with Gasteiger partial charge in [-0.3, -0.25) is 0 Å². The van der Waals surface area contributed by atoms with Crippen LogP contribution in [0, 0.1) is 0 Å². The van der Waals surface area contributed by atoms with E-state index < -0.39 is 0 Å². The van der Waals surface area contributed by atoms with Crippen LogP contribution in [0.3, 0.4) is 0 Å². The minimum atomic E-state index is -0.297. The third kappa shape index (κ3) is 4.22. The molecule has 0 aromatic heterocycles. The van der Waals surface area contributed by atoms with Crippen LogP contribution in [0.4, 0.5) is 16.2 Å². The van der Waals surface area contributed by atoms with E-state index in [0.29, 0.717) is 11.4 Å². The van der Waals surface area contributed by atoms with Gasteiger partial charge in [0.2, 0.25) is 0 Å². The van der Waals surface area contributed by atoms with Crippen molar-refractivity contribution in [1.82, 2.24) is 0 Å². The van der Waals surface area contributed by atoms with Gasteiger partial charge in [-0.15, -0.1) is 0 Å². The number of nitrogens with one attached hydrogen (secondary N) is 2. The fourth-order valence-corrected chi connectivity index (χ4v) is 1.84. The summed E-state index contributed by atoms with van der Waals surface area (Å²) in [6.07, 6.45) is 0. The molecule has 5 nitrogen and oxygen atoms in total. The lowest BCUT2D eigenvalue weighted by Crippen LogP contribution is -2.19. The number of nitrogens with two attached hydrogens (primary N) is 1. The highest BCUT2D eigenvalue weighted by Gasteiger charge is 2.04. The van der Waals surface area contributed by atoms with Gasteiger partial charge < -0.3 is 21.1 Å². The number of hydrogen-bond donors (Lipinski definition) is 3. The average Bonchev–Trinajstić information content (AvgIpc) is 2.48. The molecular weight excluding hydrogens is 266 g/mol. The van der Waals surface area contributed by atoms with Crippen LogP contribution < -0.4 is 21.1 Å². The Morgan fingerprint density at radius 1 is 1.00 bits per heavy atom. The molecule has 2 rings (SSSR count). The molecule has 0 fully saturated rings. The predicted molar refractivity (Wildman–Crippen MR) is 84.7 cm³/mol. The summed E-state index contributed by atoms with van der Waals surface area (Å²) < 4.78 is 5.06. The largest absolute Gasteiger partial charge is 0.497 e. The van der Waals surface area contributed by atoms with Crippen molar-refractivity contribution < 1.29 is 9.53 Å². The second kappa shape index (κ2) is 6.76. The van der Waals surface area contributed by atoms with Crippen LogP contribution in [0.15, 0.2) is 48.5 Å². The molecule has 21 heavy (non-hydrogen) atoms. The Morgan fingerprint density at radius 3 is 1.90 bits per heavy atom. The maximum Gasteiger partial charge on any atom is 0.323 e. The van der Waals surface area contributed by atoms with E-state index in [2.05, 4.69) is 10.6 Å². The van der Waals surface area contributed by atoms with Crippen molar-refractivity contribution in [3.8, 4) is 5.75 Å². The van der Waals surface area contributed by atoms with E-state index in [4.69, 9.17) is 10.5 Å². The number of anilines is 2. The summed E-state index contributed by atoms with van der Waals surface area (Å²) in [4.78, 5) is 11.9. The topological polar surface area (TPSA) is 76.4 Å². The quantitative estimate of drug-likeness (QED) is 0.806. The molecule has 2 amide bonds. The summed E-state index contributed by atoms with van der Waals surface area (Å²) in [5.41, 5.74) is 8.21. The monoisotopic (exact) mass is 285 g/mol. The van der Waals surface area contributed by atoms with Crippen LogP contribution >= 0.6 is 0 Å². The summed E-state index contributed by atoms with van der Waals surface area (Å²) in [5, 5.41) is 5.51. The number of urea groups is 1. The Hall–Kier alpha value is -2.53. The molecule has 0 heterocycles. The molecule has 1 unspecified atom stereocenters. The highest BCUT2D eigenvalue weighted by atomic mass is 16.5. The van der Waals surface area contributed by atoms with Gasteiger partial charge in [0.05, 0.1) is 7.11 Å². The molecule has 5 heteroatoms. The number of rotatable bonds is 4. The van der Waals surface area contributed by atoms with Gasteiger partial charge in [-0.25, -0.2) is 4.79 Å². The van der Waals surface area contributed by atoms with E-state index in [1.165, 1.54) is 0 Å². The van der Waals surface area contributed by atoms with Crippen LogP contribution in [0.1, 0.15) is 18.5 Å². The minimum Gasteiger partial charge on any atom is -0.497 e. The Labute approximate surface area is 124 Å². The summed E-state index contributed by atoms with van der Waals surface area (Å²) in [7, 11) is 1.60. The molecule has 0 saturated carbocycles. The van der Waals surface area contributed by atoms with Crippen molar-refractivity contribution in [2.75, 3.05) is 17.7 Å². The second-order valence-electron chi connectivity index (χ2n) is 4.72. The Kier molecular flexibility index (Phi) is 4.79. The van der Waals surface area contributed by atoms with Gasteiger partial charge in [0.15, 0.2) is 0 Å². The van der Waals surface area contributed by atoms with E-state index in [0.717, 1.165) is 11.3 Å². The van der Waals surface area contributed by atoms with Crippen molar-refractivity contribution in [2.45, 2.75) is 13.0 Å². The number of hydrogen-bond acceptors (Lipinski definition) is 3. The van der Waals surface area contributed by atoms with Crippen LogP contribution in [0.5, 0.6) is 5.75 Å². The van der Waals surface area contributed by atoms with Gasteiger partial charge in [0.1, 0.15) is 5.75 Å². The number of methoxy groups -OCH3 is 1. The summed E-state index contributed by atoms with van der Waals surface area (Å²) in [5.74, 6) is 0.743. The maximum atomic E-state index is 11.9. The molecule has 2 aromatic carbocycles. The smallest absolute Gasteiger partial charge is 0.323 e. The fourth-order valence-electron chi connectivity index (χ4n) is 1.84. The third-order valence-corrected chi connectivity index (χ3v) is 3.04. The molecule has 0 aliphatic rings. The van der Waals surface area contributed by atoms with E-state index in [9.17, 15) is 4.79 Å². The zero-order chi connectivity index (χ0) is 15.2. The van der Waals surface area contributed by atoms with Gasteiger partial charge in [-0.05, 0) is 48.9 Å². The van der Waals surface area contributed by atoms with Gasteiger partial charge in [-0.2, -0.15) is 0 Å². The van der Waals surface area contributed by atoms with Crippen LogP contribution in [0.2, 0.25) is 0 Å². The second-order valence-corrected chi connectivity index (χ2v) is 4.72.